The lowest BCUT2D eigenvalue weighted by Gasteiger charge is -2.39. The number of likely N-dealkylation sites (tertiary alicyclic amines) is 1. The van der Waals surface area contributed by atoms with Gasteiger partial charge in [0.05, 0.1) is 14.2 Å². The minimum atomic E-state index is -0.00287. The molecule has 7 nitrogen and oxygen atoms in total. The summed E-state index contributed by atoms with van der Waals surface area (Å²) in [6.07, 6.45) is 1.43. The van der Waals surface area contributed by atoms with Crippen molar-refractivity contribution in [3.63, 3.8) is 0 Å². The maximum atomic E-state index is 13.1. The molecule has 4 rings (SSSR count). The first-order valence-electron chi connectivity index (χ1n) is 11.2. The van der Waals surface area contributed by atoms with Crippen LogP contribution >= 0.6 is 0 Å². The number of carbonyl (C=O) groups excluding carboxylic acids is 2. The third-order valence-corrected chi connectivity index (χ3v) is 6.48. The molecule has 7 heteroatoms. The molecule has 2 aliphatic heterocycles. The molecule has 0 spiro atoms. The number of piperazine rings is 1. The van der Waals surface area contributed by atoms with Gasteiger partial charge in [-0.1, -0.05) is 6.07 Å². The van der Waals surface area contributed by atoms with Crippen LogP contribution in [0.15, 0.2) is 48.5 Å². The highest BCUT2D eigenvalue weighted by molar-refractivity contribution is 5.94. The standard InChI is InChI=1S/C25H31N3O4/c1-31-22-8-6-21(7-9-22)26-14-16-28(17-15-26)24(29)19-10-12-27(13-11-19)25(30)20-4-3-5-23(18-20)32-2/h3-9,18-19H,10-17H2,1-2H3. The van der Waals surface area contributed by atoms with Gasteiger partial charge in [0.1, 0.15) is 11.5 Å². The van der Waals surface area contributed by atoms with Crippen molar-refractivity contribution in [3.8, 4) is 11.5 Å². The molecule has 2 aromatic rings. The lowest BCUT2D eigenvalue weighted by Crippen LogP contribution is -2.52. The minimum absolute atomic E-state index is 0.00269. The Bertz CT molecular complexity index is 930. The fourth-order valence-corrected chi connectivity index (χ4v) is 4.50. The molecule has 0 bridgehead atoms. The summed E-state index contributed by atoms with van der Waals surface area (Å²) in [4.78, 5) is 32.0. The number of hydrogen-bond donors (Lipinski definition) is 0. The van der Waals surface area contributed by atoms with E-state index in [-0.39, 0.29) is 17.7 Å². The third kappa shape index (κ3) is 4.82. The molecule has 2 aliphatic rings. The Morgan fingerprint density at radius 2 is 1.44 bits per heavy atom. The predicted octanol–water partition coefficient (Wildman–Crippen LogP) is 2.90. The quantitative estimate of drug-likeness (QED) is 0.720. The Hall–Kier alpha value is -3.22. The van der Waals surface area contributed by atoms with E-state index in [1.807, 2.05) is 40.1 Å². The summed E-state index contributed by atoms with van der Waals surface area (Å²) >= 11 is 0. The van der Waals surface area contributed by atoms with E-state index in [1.54, 1.807) is 20.3 Å². The van der Waals surface area contributed by atoms with Crippen molar-refractivity contribution in [3.05, 3.63) is 54.1 Å². The molecule has 2 saturated heterocycles. The smallest absolute Gasteiger partial charge is 0.253 e. The molecule has 0 radical (unpaired) electrons. The van der Waals surface area contributed by atoms with Crippen molar-refractivity contribution in [1.82, 2.24) is 9.80 Å². The van der Waals surface area contributed by atoms with Gasteiger partial charge in [0.25, 0.3) is 5.91 Å². The van der Waals surface area contributed by atoms with E-state index in [0.717, 1.165) is 37.6 Å². The van der Waals surface area contributed by atoms with Gasteiger partial charge in [-0.05, 0) is 55.3 Å². The molecule has 0 atom stereocenters. The number of nitrogens with zero attached hydrogens (tertiary/aromatic N) is 3. The molecule has 170 valence electrons. The number of benzene rings is 2. The number of methoxy groups -OCH3 is 2. The summed E-state index contributed by atoms with van der Waals surface area (Å²) in [5.74, 6) is 1.75. The molecule has 2 heterocycles. The van der Waals surface area contributed by atoms with Gasteiger partial charge in [-0.15, -0.1) is 0 Å². The highest BCUT2D eigenvalue weighted by Gasteiger charge is 2.32. The second kappa shape index (κ2) is 9.94. The van der Waals surface area contributed by atoms with Crippen LogP contribution < -0.4 is 14.4 Å². The van der Waals surface area contributed by atoms with Crippen LogP contribution in [0.1, 0.15) is 23.2 Å². The van der Waals surface area contributed by atoms with Gasteiger partial charge in [-0.2, -0.15) is 0 Å². The number of amides is 2. The summed E-state index contributed by atoms with van der Waals surface area (Å²) in [5, 5.41) is 0. The van der Waals surface area contributed by atoms with Crippen LogP contribution in [0, 0.1) is 5.92 Å². The summed E-state index contributed by atoms with van der Waals surface area (Å²) in [7, 11) is 3.26. The van der Waals surface area contributed by atoms with Crippen LogP contribution in [0.3, 0.4) is 0 Å². The average molecular weight is 438 g/mol. The zero-order valence-corrected chi connectivity index (χ0v) is 18.8. The van der Waals surface area contributed by atoms with E-state index in [1.165, 1.54) is 0 Å². The van der Waals surface area contributed by atoms with E-state index in [4.69, 9.17) is 9.47 Å². The fourth-order valence-electron chi connectivity index (χ4n) is 4.50. The largest absolute Gasteiger partial charge is 0.497 e. The SMILES string of the molecule is COc1ccc(N2CCN(C(=O)C3CCN(C(=O)c4cccc(OC)c4)CC3)CC2)cc1. The predicted molar refractivity (Wildman–Crippen MR) is 123 cm³/mol. The molecule has 2 amide bonds. The van der Waals surface area contributed by atoms with Crippen molar-refractivity contribution >= 4 is 17.5 Å². The first-order chi connectivity index (χ1) is 15.6. The van der Waals surface area contributed by atoms with Crippen molar-refractivity contribution in [1.29, 1.82) is 0 Å². The Kier molecular flexibility index (Phi) is 6.83. The molecule has 0 saturated carbocycles. The first kappa shape index (κ1) is 22.0. The molecule has 0 unspecified atom stereocenters. The van der Waals surface area contributed by atoms with Gasteiger partial charge in [-0.3, -0.25) is 9.59 Å². The van der Waals surface area contributed by atoms with E-state index in [2.05, 4.69) is 17.0 Å². The van der Waals surface area contributed by atoms with Crippen LogP contribution in [0.4, 0.5) is 5.69 Å². The van der Waals surface area contributed by atoms with Gasteiger partial charge in [0.15, 0.2) is 0 Å². The molecule has 0 aromatic heterocycles. The highest BCUT2D eigenvalue weighted by atomic mass is 16.5. The van der Waals surface area contributed by atoms with Gasteiger partial charge in [0, 0.05) is 56.4 Å². The van der Waals surface area contributed by atoms with E-state index in [0.29, 0.717) is 37.2 Å². The maximum absolute atomic E-state index is 13.1. The number of hydrogen-bond acceptors (Lipinski definition) is 5. The molecular weight excluding hydrogens is 406 g/mol. The zero-order valence-electron chi connectivity index (χ0n) is 18.8. The number of anilines is 1. The number of rotatable bonds is 5. The van der Waals surface area contributed by atoms with Crippen LogP contribution in [0.2, 0.25) is 0 Å². The molecule has 0 aliphatic carbocycles. The maximum Gasteiger partial charge on any atom is 0.253 e. The topological polar surface area (TPSA) is 62.3 Å². The summed E-state index contributed by atoms with van der Waals surface area (Å²) < 4.78 is 10.5. The Morgan fingerprint density at radius 1 is 0.781 bits per heavy atom. The van der Waals surface area contributed by atoms with Crippen LogP contribution in [-0.2, 0) is 4.79 Å². The van der Waals surface area contributed by atoms with Gasteiger partial charge in [0.2, 0.25) is 5.91 Å². The van der Waals surface area contributed by atoms with Gasteiger partial charge < -0.3 is 24.2 Å². The first-order valence-corrected chi connectivity index (χ1v) is 11.2. The summed E-state index contributed by atoms with van der Waals surface area (Å²) in [6.45, 7) is 4.33. The van der Waals surface area contributed by atoms with Gasteiger partial charge >= 0.3 is 0 Å². The van der Waals surface area contributed by atoms with E-state index >= 15 is 0 Å². The molecule has 0 N–H and O–H groups in total. The third-order valence-electron chi connectivity index (χ3n) is 6.48. The summed E-state index contributed by atoms with van der Waals surface area (Å²) in [6, 6.07) is 15.3. The Balaban J connectivity index is 1.27. The van der Waals surface area contributed by atoms with Crippen molar-refractivity contribution in [2.75, 3.05) is 58.4 Å². The van der Waals surface area contributed by atoms with Crippen LogP contribution in [0.25, 0.3) is 0 Å². The fraction of sp³-hybridized carbons (Fsp3) is 0.440. The van der Waals surface area contributed by atoms with Crippen molar-refractivity contribution in [2.24, 2.45) is 5.92 Å². The van der Waals surface area contributed by atoms with Crippen LogP contribution in [-0.4, -0.2) is 75.1 Å². The number of piperidine rings is 1. The zero-order chi connectivity index (χ0) is 22.5. The molecule has 2 fully saturated rings. The van der Waals surface area contributed by atoms with E-state index < -0.39 is 0 Å². The molecular formula is C25H31N3O4. The number of ether oxygens (including phenoxy) is 2. The number of carbonyl (C=O) groups is 2. The van der Waals surface area contributed by atoms with Gasteiger partial charge in [-0.25, -0.2) is 0 Å². The Morgan fingerprint density at radius 3 is 2.06 bits per heavy atom. The molecule has 2 aromatic carbocycles. The van der Waals surface area contributed by atoms with Crippen molar-refractivity contribution < 1.29 is 19.1 Å². The second-order valence-electron chi connectivity index (χ2n) is 8.31. The highest BCUT2D eigenvalue weighted by Crippen LogP contribution is 2.25. The average Bonchev–Trinajstić information content (AvgIpc) is 2.88. The minimum Gasteiger partial charge on any atom is -0.497 e. The Labute approximate surface area is 189 Å². The summed E-state index contributed by atoms with van der Waals surface area (Å²) in [5.41, 5.74) is 1.78. The van der Waals surface area contributed by atoms with Crippen molar-refractivity contribution in [2.45, 2.75) is 12.8 Å². The molecule has 32 heavy (non-hydrogen) atoms. The lowest BCUT2D eigenvalue weighted by molar-refractivity contribution is -0.137. The normalized spacial score (nSPS) is 17.2. The monoisotopic (exact) mass is 437 g/mol. The lowest BCUT2D eigenvalue weighted by atomic mass is 9.94. The second-order valence-corrected chi connectivity index (χ2v) is 8.31. The van der Waals surface area contributed by atoms with Crippen LogP contribution in [0.5, 0.6) is 11.5 Å². The van der Waals surface area contributed by atoms with E-state index in [9.17, 15) is 9.59 Å².